The highest BCUT2D eigenvalue weighted by Crippen LogP contribution is 2.30. The Morgan fingerprint density at radius 2 is 1.61 bits per heavy atom. The van der Waals surface area contributed by atoms with E-state index in [1.807, 2.05) is 12.1 Å². The van der Waals surface area contributed by atoms with Crippen LogP contribution in [0.3, 0.4) is 0 Å². The van der Waals surface area contributed by atoms with Crippen LogP contribution in [0.5, 0.6) is 23.0 Å². The number of cyclic esters (lactones) is 1. The fraction of sp³-hybridized carbons (Fsp3) is 0.238. The van der Waals surface area contributed by atoms with E-state index in [9.17, 15) is 4.79 Å². The molecule has 146 valence electrons. The molecule has 0 saturated carbocycles. The molecule has 0 aliphatic carbocycles. The minimum absolute atomic E-state index is 0.196. The molecule has 0 atom stereocenters. The van der Waals surface area contributed by atoms with Gasteiger partial charge in [-0.25, -0.2) is 9.79 Å². The Labute approximate surface area is 163 Å². The van der Waals surface area contributed by atoms with Crippen molar-refractivity contribution in [3.8, 4) is 23.0 Å². The van der Waals surface area contributed by atoms with Crippen LogP contribution in [-0.4, -0.2) is 40.3 Å². The molecule has 0 fully saturated rings. The lowest BCUT2D eigenvalue weighted by Gasteiger charge is -2.09. The predicted octanol–water partition coefficient (Wildman–Crippen LogP) is 3.26. The summed E-state index contributed by atoms with van der Waals surface area (Å²) in [6, 6.07) is 10.8. The first-order chi connectivity index (χ1) is 13.6. The van der Waals surface area contributed by atoms with Gasteiger partial charge in [-0.15, -0.1) is 0 Å². The Kier molecular flexibility index (Phi) is 5.84. The van der Waals surface area contributed by atoms with E-state index < -0.39 is 5.97 Å². The SMILES string of the molecule is COc1ccc(OC)c(/C=C2\N=C(Cc3ccc(OC)c(OC)c3)OC2=O)c1. The highest BCUT2D eigenvalue weighted by atomic mass is 16.6. The van der Waals surface area contributed by atoms with Gasteiger partial charge in [-0.05, 0) is 42.0 Å². The summed E-state index contributed by atoms with van der Waals surface area (Å²) in [5.41, 5.74) is 1.75. The van der Waals surface area contributed by atoms with E-state index in [4.69, 9.17) is 23.7 Å². The molecule has 2 aromatic carbocycles. The Morgan fingerprint density at radius 1 is 0.893 bits per heavy atom. The third kappa shape index (κ3) is 4.09. The molecule has 0 bridgehead atoms. The number of hydrogen-bond donors (Lipinski definition) is 0. The third-order valence-corrected chi connectivity index (χ3v) is 4.20. The molecule has 1 aliphatic rings. The van der Waals surface area contributed by atoms with Crippen LogP contribution in [0.2, 0.25) is 0 Å². The summed E-state index contributed by atoms with van der Waals surface area (Å²) >= 11 is 0. The molecule has 0 unspecified atom stereocenters. The summed E-state index contributed by atoms with van der Waals surface area (Å²) in [5, 5.41) is 0. The Bertz CT molecular complexity index is 948. The topological polar surface area (TPSA) is 75.6 Å². The quantitative estimate of drug-likeness (QED) is 0.540. The summed E-state index contributed by atoms with van der Waals surface area (Å²) in [7, 11) is 6.27. The highest BCUT2D eigenvalue weighted by Gasteiger charge is 2.24. The second-order valence-corrected chi connectivity index (χ2v) is 5.90. The minimum Gasteiger partial charge on any atom is -0.497 e. The van der Waals surface area contributed by atoms with Crippen molar-refractivity contribution in [3.05, 3.63) is 53.2 Å². The van der Waals surface area contributed by atoms with Crippen molar-refractivity contribution in [1.82, 2.24) is 0 Å². The number of carbonyl (C=O) groups is 1. The molecule has 0 amide bonds. The number of carbonyl (C=O) groups excluding carboxylic acids is 1. The van der Waals surface area contributed by atoms with Gasteiger partial charge in [0.05, 0.1) is 28.4 Å². The largest absolute Gasteiger partial charge is 0.497 e. The van der Waals surface area contributed by atoms with Gasteiger partial charge in [-0.3, -0.25) is 0 Å². The lowest BCUT2D eigenvalue weighted by Crippen LogP contribution is -2.07. The van der Waals surface area contributed by atoms with Crippen LogP contribution >= 0.6 is 0 Å². The molecule has 0 spiro atoms. The van der Waals surface area contributed by atoms with Crippen LogP contribution in [0.1, 0.15) is 11.1 Å². The number of methoxy groups -OCH3 is 4. The van der Waals surface area contributed by atoms with E-state index in [2.05, 4.69) is 4.99 Å². The third-order valence-electron chi connectivity index (χ3n) is 4.20. The average Bonchev–Trinajstić information content (AvgIpc) is 3.06. The van der Waals surface area contributed by atoms with E-state index in [-0.39, 0.29) is 5.70 Å². The van der Waals surface area contributed by atoms with E-state index in [0.29, 0.717) is 40.9 Å². The number of esters is 1. The Hall–Kier alpha value is -3.48. The van der Waals surface area contributed by atoms with Crippen LogP contribution in [0.25, 0.3) is 6.08 Å². The van der Waals surface area contributed by atoms with Crippen molar-refractivity contribution in [2.24, 2.45) is 4.99 Å². The summed E-state index contributed by atoms with van der Waals surface area (Å²) < 4.78 is 26.4. The molecule has 3 rings (SSSR count). The molecule has 1 aliphatic heterocycles. The first-order valence-corrected chi connectivity index (χ1v) is 8.52. The highest BCUT2D eigenvalue weighted by molar-refractivity contribution is 6.07. The summed E-state index contributed by atoms with van der Waals surface area (Å²) in [6.07, 6.45) is 1.96. The molecule has 2 aromatic rings. The standard InChI is InChI=1S/C21H21NO6/c1-24-15-6-8-17(25-2)14(11-15)12-16-21(23)28-20(22-16)10-13-5-7-18(26-3)19(9-13)27-4/h5-9,11-12H,10H2,1-4H3/b16-12-. The first-order valence-electron chi connectivity index (χ1n) is 8.52. The molecular weight excluding hydrogens is 362 g/mol. The molecule has 0 aromatic heterocycles. The second kappa shape index (κ2) is 8.47. The number of aliphatic imine (C=N–C) groups is 1. The Balaban J connectivity index is 1.86. The number of benzene rings is 2. The van der Waals surface area contributed by atoms with Gasteiger partial charge in [0, 0.05) is 12.0 Å². The molecule has 7 nitrogen and oxygen atoms in total. The number of nitrogens with zero attached hydrogens (tertiary/aromatic N) is 1. The summed E-state index contributed by atoms with van der Waals surface area (Å²) in [5.74, 6) is 2.27. The molecule has 0 saturated heterocycles. The van der Waals surface area contributed by atoms with E-state index in [0.717, 1.165) is 5.56 Å². The fourth-order valence-electron chi connectivity index (χ4n) is 2.79. The van der Waals surface area contributed by atoms with Crippen molar-refractivity contribution < 1.29 is 28.5 Å². The zero-order valence-corrected chi connectivity index (χ0v) is 16.1. The lowest BCUT2D eigenvalue weighted by atomic mass is 10.1. The van der Waals surface area contributed by atoms with Gasteiger partial charge in [0.25, 0.3) is 0 Å². The maximum Gasteiger partial charge on any atom is 0.363 e. The van der Waals surface area contributed by atoms with Crippen molar-refractivity contribution in [2.45, 2.75) is 6.42 Å². The number of rotatable bonds is 7. The average molecular weight is 383 g/mol. The summed E-state index contributed by atoms with van der Waals surface area (Å²) in [6.45, 7) is 0. The first kappa shape index (κ1) is 19.3. The summed E-state index contributed by atoms with van der Waals surface area (Å²) in [4.78, 5) is 16.6. The van der Waals surface area contributed by atoms with Crippen LogP contribution < -0.4 is 18.9 Å². The molecule has 1 heterocycles. The maximum absolute atomic E-state index is 12.2. The second-order valence-electron chi connectivity index (χ2n) is 5.90. The maximum atomic E-state index is 12.2. The van der Waals surface area contributed by atoms with Crippen molar-refractivity contribution in [2.75, 3.05) is 28.4 Å². The van der Waals surface area contributed by atoms with Gasteiger partial charge < -0.3 is 23.7 Å². The Morgan fingerprint density at radius 3 is 2.29 bits per heavy atom. The van der Waals surface area contributed by atoms with Crippen molar-refractivity contribution in [3.63, 3.8) is 0 Å². The number of hydrogen-bond acceptors (Lipinski definition) is 7. The van der Waals surface area contributed by atoms with Crippen LogP contribution in [0, 0.1) is 0 Å². The fourth-order valence-corrected chi connectivity index (χ4v) is 2.79. The smallest absolute Gasteiger partial charge is 0.363 e. The minimum atomic E-state index is -0.514. The number of ether oxygens (including phenoxy) is 5. The van der Waals surface area contributed by atoms with Crippen LogP contribution in [0.4, 0.5) is 0 Å². The van der Waals surface area contributed by atoms with Gasteiger partial charge in [0.15, 0.2) is 17.2 Å². The predicted molar refractivity (Wildman–Crippen MR) is 104 cm³/mol. The van der Waals surface area contributed by atoms with Gasteiger partial charge in [-0.2, -0.15) is 0 Å². The normalized spacial score (nSPS) is 14.5. The van der Waals surface area contributed by atoms with E-state index >= 15 is 0 Å². The van der Waals surface area contributed by atoms with Gasteiger partial charge >= 0.3 is 5.97 Å². The lowest BCUT2D eigenvalue weighted by molar-refractivity contribution is -0.130. The van der Waals surface area contributed by atoms with Gasteiger partial charge in [0.1, 0.15) is 11.5 Å². The molecule has 0 radical (unpaired) electrons. The molecule has 7 heteroatoms. The van der Waals surface area contributed by atoms with E-state index in [1.165, 1.54) is 0 Å². The molecular formula is C21H21NO6. The zero-order chi connectivity index (χ0) is 20.1. The molecule has 28 heavy (non-hydrogen) atoms. The van der Waals surface area contributed by atoms with Crippen molar-refractivity contribution >= 4 is 17.9 Å². The van der Waals surface area contributed by atoms with Gasteiger partial charge in [-0.1, -0.05) is 6.07 Å². The van der Waals surface area contributed by atoms with Gasteiger partial charge in [0.2, 0.25) is 5.90 Å². The van der Waals surface area contributed by atoms with Crippen LogP contribution in [0.15, 0.2) is 47.1 Å². The van der Waals surface area contributed by atoms with Crippen molar-refractivity contribution in [1.29, 1.82) is 0 Å². The van der Waals surface area contributed by atoms with E-state index in [1.54, 1.807) is 58.8 Å². The zero-order valence-electron chi connectivity index (χ0n) is 16.1. The monoisotopic (exact) mass is 383 g/mol. The molecule has 0 N–H and O–H groups in total. The van der Waals surface area contributed by atoms with Crippen LogP contribution in [-0.2, 0) is 16.0 Å².